The fourth-order valence-electron chi connectivity index (χ4n) is 3.71. The molecule has 2 unspecified atom stereocenters. The van der Waals surface area contributed by atoms with Gasteiger partial charge in [0.05, 0.1) is 29.5 Å². The highest BCUT2D eigenvalue weighted by Gasteiger charge is 2.39. The second-order valence-corrected chi connectivity index (χ2v) is 9.45. The zero-order chi connectivity index (χ0) is 27.9. The fraction of sp³-hybridized carbons (Fsp3) is 0.261. The van der Waals surface area contributed by atoms with E-state index < -0.39 is 43.0 Å². The minimum absolute atomic E-state index is 0.00234. The van der Waals surface area contributed by atoms with E-state index in [0.29, 0.717) is 9.59 Å². The molecule has 0 saturated heterocycles. The number of aliphatic hydroxyl groups is 2. The lowest BCUT2D eigenvalue weighted by atomic mass is 10.1. The van der Waals surface area contributed by atoms with Crippen LogP contribution in [-0.2, 0) is 13.1 Å². The molecule has 8 nitrogen and oxygen atoms in total. The van der Waals surface area contributed by atoms with Gasteiger partial charge in [0, 0.05) is 10.6 Å². The van der Waals surface area contributed by atoms with E-state index in [1.54, 1.807) is 0 Å². The van der Waals surface area contributed by atoms with E-state index >= 15 is 0 Å². The number of nitrogens with zero attached hydrogens (tertiary/aromatic N) is 5. The Morgan fingerprint density at radius 2 is 1.68 bits per heavy atom. The van der Waals surface area contributed by atoms with E-state index in [-0.39, 0.29) is 38.8 Å². The molecule has 0 aliphatic heterocycles. The molecule has 15 heteroatoms. The Kier molecular flexibility index (Phi) is 7.91. The molecule has 2 N–H and O–H groups in total. The van der Waals surface area contributed by atoms with Crippen LogP contribution in [0.3, 0.4) is 0 Å². The SMILES string of the molecule is CC(O)c1nc(Cn2c(Cl)c(-c3ccc(Cl)cc3)n(CC(O)C(F)(F)F)c2=O)nn1-c1ccc(F)cc1Cl. The third-order valence-corrected chi connectivity index (χ3v) is 6.44. The number of rotatable bonds is 7. The highest BCUT2D eigenvalue weighted by Crippen LogP contribution is 2.31. The molecular formula is C23H18Cl3F4N5O3. The standard InChI is InChI=1S/C23H18Cl3F4N5O3/c1-11(36)21-31-18(32-35(21)16-7-6-14(27)8-15(16)25)10-34-20(26)19(12-2-4-13(24)5-3-12)33(22(34)38)9-17(37)23(28,29)30/h2-8,11,17,36-37H,9-10H2,1H3. The molecule has 4 aromatic rings. The maximum absolute atomic E-state index is 13.5. The van der Waals surface area contributed by atoms with E-state index in [4.69, 9.17) is 34.8 Å². The van der Waals surface area contributed by atoms with Gasteiger partial charge in [0.15, 0.2) is 17.8 Å². The van der Waals surface area contributed by atoms with Crippen molar-refractivity contribution < 1.29 is 27.8 Å². The fourth-order valence-corrected chi connectivity index (χ4v) is 4.42. The van der Waals surface area contributed by atoms with Crippen LogP contribution < -0.4 is 5.69 Å². The Labute approximate surface area is 227 Å². The summed E-state index contributed by atoms with van der Waals surface area (Å²) in [5.74, 6) is -0.655. The normalized spacial score (nSPS) is 13.6. The van der Waals surface area contributed by atoms with E-state index in [1.807, 2.05) is 0 Å². The van der Waals surface area contributed by atoms with Crippen LogP contribution >= 0.6 is 34.8 Å². The summed E-state index contributed by atoms with van der Waals surface area (Å²) in [6.07, 6.45) is -9.01. The van der Waals surface area contributed by atoms with Gasteiger partial charge in [0.2, 0.25) is 0 Å². The summed E-state index contributed by atoms with van der Waals surface area (Å²) in [6, 6.07) is 9.32. The van der Waals surface area contributed by atoms with Gasteiger partial charge in [-0.15, -0.1) is 5.10 Å². The Bertz CT molecular complexity index is 1530. The van der Waals surface area contributed by atoms with Crippen LogP contribution in [0.25, 0.3) is 16.9 Å². The molecule has 0 aliphatic rings. The maximum atomic E-state index is 13.5. The van der Waals surface area contributed by atoms with Gasteiger partial charge in [0.1, 0.15) is 17.1 Å². The first-order chi connectivity index (χ1) is 17.8. The van der Waals surface area contributed by atoms with Gasteiger partial charge in [-0.05, 0) is 37.3 Å². The molecule has 0 fully saturated rings. The van der Waals surface area contributed by atoms with Crippen LogP contribution in [0, 0.1) is 5.82 Å². The zero-order valence-electron chi connectivity index (χ0n) is 19.3. The molecule has 2 atom stereocenters. The van der Waals surface area contributed by atoms with Crippen molar-refractivity contribution in [3.8, 4) is 16.9 Å². The molecule has 2 aromatic carbocycles. The number of aliphatic hydroxyl groups excluding tert-OH is 2. The summed E-state index contributed by atoms with van der Waals surface area (Å²) in [7, 11) is 0. The summed E-state index contributed by atoms with van der Waals surface area (Å²) < 4.78 is 55.8. The average Bonchev–Trinajstić information content (AvgIpc) is 3.34. The van der Waals surface area contributed by atoms with Gasteiger partial charge >= 0.3 is 11.9 Å². The molecule has 2 heterocycles. The van der Waals surface area contributed by atoms with Gasteiger partial charge in [0.25, 0.3) is 0 Å². The topological polar surface area (TPSA) is 98.1 Å². The minimum Gasteiger partial charge on any atom is -0.385 e. The lowest BCUT2D eigenvalue weighted by Gasteiger charge is -2.16. The molecule has 38 heavy (non-hydrogen) atoms. The van der Waals surface area contributed by atoms with Gasteiger partial charge in [-0.3, -0.25) is 9.13 Å². The van der Waals surface area contributed by atoms with Crippen molar-refractivity contribution >= 4 is 34.8 Å². The lowest BCUT2D eigenvalue weighted by molar-refractivity contribution is -0.207. The van der Waals surface area contributed by atoms with Crippen molar-refractivity contribution in [3.05, 3.63) is 85.6 Å². The van der Waals surface area contributed by atoms with Crippen LogP contribution in [-0.4, -0.2) is 46.4 Å². The van der Waals surface area contributed by atoms with Gasteiger partial charge in [-0.1, -0.05) is 46.9 Å². The summed E-state index contributed by atoms with van der Waals surface area (Å²) in [6.45, 7) is -0.146. The number of benzene rings is 2. The molecule has 202 valence electrons. The average molecular weight is 595 g/mol. The third kappa shape index (κ3) is 5.59. The summed E-state index contributed by atoms with van der Waals surface area (Å²) in [5, 5.41) is 24.2. The predicted octanol–water partition coefficient (Wildman–Crippen LogP) is 5.02. The van der Waals surface area contributed by atoms with Crippen LogP contribution in [0.4, 0.5) is 17.6 Å². The van der Waals surface area contributed by atoms with E-state index in [0.717, 1.165) is 21.4 Å². The Hall–Kier alpha value is -2.90. The first-order valence-corrected chi connectivity index (χ1v) is 12.0. The number of alkyl halides is 3. The molecular weight excluding hydrogens is 577 g/mol. The molecule has 0 spiro atoms. The number of hydrogen-bond donors (Lipinski definition) is 2. The van der Waals surface area contributed by atoms with Crippen molar-refractivity contribution in [2.24, 2.45) is 0 Å². The van der Waals surface area contributed by atoms with Gasteiger partial charge in [-0.25, -0.2) is 18.9 Å². The summed E-state index contributed by atoms with van der Waals surface area (Å²) in [5.41, 5.74) is -0.605. The number of aromatic nitrogens is 5. The highest BCUT2D eigenvalue weighted by molar-refractivity contribution is 6.32. The van der Waals surface area contributed by atoms with Crippen molar-refractivity contribution in [2.75, 3.05) is 0 Å². The van der Waals surface area contributed by atoms with Crippen LogP contribution in [0.2, 0.25) is 15.2 Å². The molecule has 0 saturated carbocycles. The first-order valence-electron chi connectivity index (χ1n) is 10.9. The minimum atomic E-state index is -4.99. The van der Waals surface area contributed by atoms with Gasteiger partial charge in [-0.2, -0.15) is 13.2 Å². The molecule has 2 aromatic heterocycles. The summed E-state index contributed by atoms with van der Waals surface area (Å²) >= 11 is 18.5. The maximum Gasteiger partial charge on any atom is 0.416 e. The second-order valence-electron chi connectivity index (χ2n) is 8.25. The van der Waals surface area contributed by atoms with Gasteiger partial charge < -0.3 is 10.2 Å². The molecule has 0 bridgehead atoms. The van der Waals surface area contributed by atoms with Crippen molar-refractivity contribution in [3.63, 3.8) is 0 Å². The second kappa shape index (κ2) is 10.7. The largest absolute Gasteiger partial charge is 0.416 e. The first kappa shape index (κ1) is 28.1. The Morgan fingerprint density at radius 3 is 2.26 bits per heavy atom. The van der Waals surface area contributed by atoms with E-state index in [1.165, 1.54) is 37.3 Å². The quantitative estimate of drug-likeness (QED) is 0.293. The van der Waals surface area contributed by atoms with Crippen LogP contribution in [0.15, 0.2) is 47.3 Å². The predicted molar refractivity (Wildman–Crippen MR) is 132 cm³/mol. The number of halogens is 7. The zero-order valence-corrected chi connectivity index (χ0v) is 21.6. The number of hydrogen-bond acceptors (Lipinski definition) is 5. The van der Waals surface area contributed by atoms with Crippen molar-refractivity contribution in [1.82, 2.24) is 23.9 Å². The van der Waals surface area contributed by atoms with E-state index in [9.17, 15) is 32.6 Å². The molecule has 0 amide bonds. The highest BCUT2D eigenvalue weighted by atomic mass is 35.5. The summed E-state index contributed by atoms with van der Waals surface area (Å²) in [4.78, 5) is 17.5. The lowest BCUT2D eigenvalue weighted by Crippen LogP contribution is -2.37. The van der Waals surface area contributed by atoms with Crippen molar-refractivity contribution in [2.45, 2.75) is 38.4 Å². The molecule has 0 aliphatic carbocycles. The molecule has 4 rings (SSSR count). The van der Waals surface area contributed by atoms with E-state index in [2.05, 4.69) is 10.1 Å². The van der Waals surface area contributed by atoms with Crippen LogP contribution in [0.1, 0.15) is 24.7 Å². The molecule has 0 radical (unpaired) electrons. The third-order valence-electron chi connectivity index (χ3n) is 5.50. The van der Waals surface area contributed by atoms with Crippen molar-refractivity contribution in [1.29, 1.82) is 0 Å². The Balaban J connectivity index is 1.83. The smallest absolute Gasteiger partial charge is 0.385 e. The number of imidazole rings is 1. The monoisotopic (exact) mass is 593 g/mol. The Morgan fingerprint density at radius 1 is 1.03 bits per heavy atom. The van der Waals surface area contributed by atoms with Crippen LogP contribution in [0.5, 0.6) is 0 Å².